The minimum absolute atomic E-state index is 0.0819. The van der Waals surface area contributed by atoms with E-state index in [0.29, 0.717) is 22.9 Å². The fraction of sp³-hybridized carbons (Fsp3) is 0.576. The number of amides is 1. The third kappa shape index (κ3) is 10.9. The zero-order chi connectivity index (χ0) is 31.6. The van der Waals surface area contributed by atoms with Gasteiger partial charge in [0.05, 0.1) is 12.4 Å². The van der Waals surface area contributed by atoms with Crippen molar-refractivity contribution in [3.05, 3.63) is 59.2 Å². The van der Waals surface area contributed by atoms with Gasteiger partial charge in [0.2, 0.25) is 0 Å². The number of hydrogen-bond acceptors (Lipinski definition) is 7. The molecule has 1 amide bonds. The lowest BCUT2D eigenvalue weighted by Crippen LogP contribution is -2.42. The van der Waals surface area contributed by atoms with E-state index >= 15 is 0 Å². The normalized spacial score (nSPS) is 20.2. The number of carbonyl (C=O) groups is 2. The van der Waals surface area contributed by atoms with E-state index < -0.39 is 27.8 Å². The van der Waals surface area contributed by atoms with Gasteiger partial charge in [-0.3, -0.25) is 9.69 Å². The van der Waals surface area contributed by atoms with Crippen LogP contribution in [0.4, 0.5) is 0 Å². The van der Waals surface area contributed by atoms with E-state index in [4.69, 9.17) is 0 Å². The van der Waals surface area contributed by atoms with Crippen LogP contribution in [0.15, 0.2) is 42.5 Å². The van der Waals surface area contributed by atoms with Crippen molar-refractivity contribution < 1.29 is 28.2 Å². The Hall–Kier alpha value is -2.40. The summed E-state index contributed by atoms with van der Waals surface area (Å²) in [7, 11) is -3.38. The predicted octanol–water partition coefficient (Wildman–Crippen LogP) is 5.16. The van der Waals surface area contributed by atoms with Gasteiger partial charge in [0.1, 0.15) is 15.9 Å². The smallest absolute Gasteiger partial charge is 0.326 e. The topological polar surface area (TPSA) is 124 Å². The van der Waals surface area contributed by atoms with Gasteiger partial charge < -0.3 is 15.5 Å². The maximum Gasteiger partial charge on any atom is 0.326 e. The van der Waals surface area contributed by atoms with Crippen molar-refractivity contribution in [2.45, 2.75) is 82.7 Å². The molecule has 2 aromatic carbocycles. The zero-order valence-corrected chi connectivity index (χ0v) is 27.6. The van der Waals surface area contributed by atoms with Crippen LogP contribution < -0.4 is 5.32 Å². The first-order chi connectivity index (χ1) is 20.4. The number of carboxylic acid groups (broad SMARTS) is 1. The Morgan fingerprint density at radius 1 is 1.09 bits per heavy atom. The molecule has 3 N–H and O–H groups in total. The van der Waals surface area contributed by atoms with Gasteiger partial charge in [0, 0.05) is 36.2 Å². The van der Waals surface area contributed by atoms with Crippen LogP contribution in [0.1, 0.15) is 73.4 Å². The number of aliphatic carboxylic acids is 1. The van der Waals surface area contributed by atoms with Crippen LogP contribution in [0.3, 0.4) is 0 Å². The van der Waals surface area contributed by atoms with Gasteiger partial charge in [-0.15, -0.1) is 0 Å². The molecule has 1 heterocycles. The van der Waals surface area contributed by atoms with Crippen molar-refractivity contribution in [3.8, 4) is 11.1 Å². The van der Waals surface area contributed by atoms with Crippen molar-refractivity contribution in [3.63, 3.8) is 0 Å². The molecule has 43 heavy (non-hydrogen) atoms. The van der Waals surface area contributed by atoms with Crippen LogP contribution in [0.2, 0.25) is 0 Å². The number of aryl methyl sites for hydroxylation is 1. The van der Waals surface area contributed by atoms with Crippen LogP contribution in [0.25, 0.3) is 11.1 Å². The summed E-state index contributed by atoms with van der Waals surface area (Å²) in [5.41, 5.74) is 3.80. The Bertz CT molecular complexity index is 1330. The van der Waals surface area contributed by atoms with E-state index in [0.717, 1.165) is 41.8 Å². The molecule has 0 aromatic heterocycles. The average Bonchev–Trinajstić information content (AvgIpc) is 3.37. The Morgan fingerprint density at radius 2 is 1.79 bits per heavy atom. The van der Waals surface area contributed by atoms with E-state index in [1.807, 2.05) is 43.3 Å². The number of carboxylic acids is 1. The van der Waals surface area contributed by atoms with E-state index in [2.05, 4.69) is 23.4 Å². The first-order valence-corrected chi connectivity index (χ1v) is 18.5. The monoisotopic (exact) mass is 632 g/mol. The number of aliphatic hydroxyl groups is 1. The summed E-state index contributed by atoms with van der Waals surface area (Å²) >= 11 is 1.80. The summed E-state index contributed by atoms with van der Waals surface area (Å²) in [6.07, 6.45) is 11.3. The highest BCUT2D eigenvalue weighted by molar-refractivity contribution is 7.99. The molecular formula is C33H48N2O6S2. The van der Waals surface area contributed by atoms with Gasteiger partial charge in [-0.2, -0.15) is 11.8 Å². The molecule has 0 spiro atoms. The standard InChI is InChI=1S/C26H34N2O6S2.C7H14/c1-17-6-4-5-7-21(17)23-12-18(14-28-15-20(35-2)13-19(28)16-29)8-9-22(23)25(30)27-24(26(31)32)10-11-36(3,33)34;1-7-5-3-2-4-6-7/h4-9,12,19-20,24,29H,10-11,13-16H2,1-3H3,(H,27,30)(H,31,32);7H,2-6H2,1H3. The molecule has 0 radical (unpaired) electrons. The van der Waals surface area contributed by atoms with Crippen LogP contribution in [-0.2, 0) is 21.2 Å². The molecule has 1 aliphatic heterocycles. The van der Waals surface area contributed by atoms with Crippen LogP contribution in [-0.4, -0.2) is 84.2 Å². The number of rotatable bonds is 11. The number of nitrogens with zero attached hydrogens (tertiary/aromatic N) is 1. The van der Waals surface area contributed by atoms with Gasteiger partial charge in [-0.05, 0) is 66.3 Å². The summed E-state index contributed by atoms with van der Waals surface area (Å²) in [6.45, 7) is 5.89. The number of hydrogen-bond donors (Lipinski definition) is 3. The molecule has 10 heteroatoms. The van der Waals surface area contributed by atoms with Gasteiger partial charge in [-0.25, -0.2) is 13.2 Å². The van der Waals surface area contributed by atoms with Gasteiger partial charge in [0.15, 0.2) is 0 Å². The fourth-order valence-electron chi connectivity index (χ4n) is 5.84. The lowest BCUT2D eigenvalue weighted by molar-refractivity contribution is -0.139. The minimum Gasteiger partial charge on any atom is -0.480 e. The number of carbonyl (C=O) groups excluding carboxylic acids is 1. The number of nitrogens with one attached hydrogen (secondary N) is 1. The molecule has 1 aliphatic carbocycles. The van der Waals surface area contributed by atoms with Crippen LogP contribution in [0, 0.1) is 12.8 Å². The average molecular weight is 633 g/mol. The third-order valence-electron chi connectivity index (χ3n) is 8.46. The summed E-state index contributed by atoms with van der Waals surface area (Å²) in [4.78, 5) is 27.2. The second kappa shape index (κ2) is 16.6. The van der Waals surface area contributed by atoms with Gasteiger partial charge >= 0.3 is 5.97 Å². The minimum atomic E-state index is -3.38. The molecule has 4 rings (SSSR count). The van der Waals surface area contributed by atoms with Crippen molar-refractivity contribution in [2.75, 3.05) is 31.4 Å². The summed E-state index contributed by atoms with van der Waals surface area (Å²) in [6, 6.07) is 11.9. The van der Waals surface area contributed by atoms with E-state index in [1.54, 1.807) is 17.8 Å². The highest BCUT2D eigenvalue weighted by Gasteiger charge is 2.31. The summed E-state index contributed by atoms with van der Waals surface area (Å²) in [5.74, 6) is -1.16. The number of thioether (sulfide) groups is 1. The Morgan fingerprint density at radius 3 is 2.35 bits per heavy atom. The summed E-state index contributed by atoms with van der Waals surface area (Å²) < 4.78 is 23.1. The molecular weight excluding hydrogens is 585 g/mol. The summed E-state index contributed by atoms with van der Waals surface area (Å²) in [5, 5.41) is 22.4. The van der Waals surface area contributed by atoms with E-state index in [1.165, 1.54) is 32.1 Å². The molecule has 8 nitrogen and oxygen atoms in total. The Labute approximate surface area is 261 Å². The number of likely N-dealkylation sites (tertiary alicyclic amines) is 1. The molecule has 1 saturated heterocycles. The van der Waals surface area contributed by atoms with Gasteiger partial charge in [-0.1, -0.05) is 69.4 Å². The maximum atomic E-state index is 13.3. The second-order valence-electron chi connectivity index (χ2n) is 12.1. The van der Waals surface area contributed by atoms with Crippen LogP contribution >= 0.6 is 11.8 Å². The molecule has 2 aromatic rings. The van der Waals surface area contributed by atoms with Crippen molar-refractivity contribution in [1.29, 1.82) is 0 Å². The van der Waals surface area contributed by atoms with Crippen LogP contribution in [0.5, 0.6) is 0 Å². The highest BCUT2D eigenvalue weighted by atomic mass is 32.2. The first-order valence-electron chi connectivity index (χ1n) is 15.2. The molecule has 1 saturated carbocycles. The molecule has 2 fully saturated rings. The predicted molar refractivity (Wildman–Crippen MR) is 175 cm³/mol. The lowest BCUT2D eigenvalue weighted by Gasteiger charge is -2.23. The zero-order valence-electron chi connectivity index (χ0n) is 25.9. The van der Waals surface area contributed by atoms with Crippen molar-refractivity contribution in [2.24, 2.45) is 5.92 Å². The SMILES string of the molecule is CC1CCCCC1.CSC1CC(CO)N(Cc2ccc(C(=O)NC(CCS(C)(=O)=O)C(=O)O)c(-c3ccccc3C)c2)C1. The number of benzene rings is 2. The first kappa shape index (κ1) is 35.1. The Balaban J connectivity index is 0.000000633. The molecule has 2 aliphatic rings. The molecule has 3 unspecified atom stereocenters. The van der Waals surface area contributed by atoms with Gasteiger partial charge in [0.25, 0.3) is 5.91 Å². The number of sulfone groups is 1. The highest BCUT2D eigenvalue weighted by Crippen LogP contribution is 2.31. The van der Waals surface area contributed by atoms with Crippen molar-refractivity contribution >= 4 is 33.5 Å². The Kier molecular flexibility index (Phi) is 13.6. The largest absolute Gasteiger partial charge is 0.480 e. The number of aliphatic hydroxyl groups excluding tert-OH is 1. The fourth-order valence-corrected chi connectivity index (χ4v) is 7.26. The second-order valence-corrected chi connectivity index (χ2v) is 15.5. The van der Waals surface area contributed by atoms with Crippen molar-refractivity contribution in [1.82, 2.24) is 10.2 Å². The lowest BCUT2D eigenvalue weighted by atomic mass is 9.91. The third-order valence-corrected chi connectivity index (χ3v) is 10.4. The maximum absolute atomic E-state index is 13.3. The quantitative estimate of drug-likeness (QED) is 0.310. The molecule has 0 bridgehead atoms. The van der Waals surface area contributed by atoms with E-state index in [9.17, 15) is 28.2 Å². The van der Waals surface area contributed by atoms with E-state index in [-0.39, 0.29) is 24.8 Å². The molecule has 238 valence electrons. The molecule has 3 atom stereocenters.